The maximum Gasteiger partial charge on any atom is 0.306 e. The van der Waals surface area contributed by atoms with E-state index in [0.29, 0.717) is 6.04 Å². The molecule has 2 rings (SSSR count). The smallest absolute Gasteiger partial charge is 0.306 e. The van der Waals surface area contributed by atoms with E-state index in [2.05, 4.69) is 36.5 Å². The number of hydrogen-bond acceptors (Lipinski definition) is 2. The standard InChI is InChI=1S/C16H23NO2/c1-12-3-2-4-13(11-12)9-10-17-15-7-5-14(6-8-15)16(18)19/h2-4,11,14-15,17H,5-10H2,1H3,(H,18,19). The highest BCUT2D eigenvalue weighted by molar-refractivity contribution is 5.70. The van der Waals surface area contributed by atoms with E-state index in [-0.39, 0.29) is 5.92 Å². The van der Waals surface area contributed by atoms with Crippen LogP contribution in [0.3, 0.4) is 0 Å². The Kier molecular flexibility index (Phi) is 4.97. The Hall–Kier alpha value is -1.35. The van der Waals surface area contributed by atoms with Gasteiger partial charge in [0.1, 0.15) is 0 Å². The second-order valence-corrected chi connectivity index (χ2v) is 5.58. The van der Waals surface area contributed by atoms with E-state index in [1.54, 1.807) is 0 Å². The zero-order chi connectivity index (χ0) is 13.7. The number of aliphatic carboxylic acids is 1. The van der Waals surface area contributed by atoms with Gasteiger partial charge in [-0.05, 0) is 51.1 Å². The molecule has 2 N–H and O–H groups in total. The summed E-state index contributed by atoms with van der Waals surface area (Å²) in [5, 5.41) is 12.5. The summed E-state index contributed by atoms with van der Waals surface area (Å²) in [7, 11) is 0. The van der Waals surface area contributed by atoms with Gasteiger partial charge in [0.15, 0.2) is 0 Å². The van der Waals surface area contributed by atoms with Crippen molar-refractivity contribution in [3.63, 3.8) is 0 Å². The number of rotatable bonds is 5. The topological polar surface area (TPSA) is 49.3 Å². The minimum atomic E-state index is -0.627. The first-order valence-corrected chi connectivity index (χ1v) is 7.17. The Morgan fingerprint density at radius 2 is 2.05 bits per heavy atom. The maximum atomic E-state index is 10.9. The van der Waals surface area contributed by atoms with Gasteiger partial charge in [0, 0.05) is 6.04 Å². The van der Waals surface area contributed by atoms with Crippen molar-refractivity contribution in [1.82, 2.24) is 5.32 Å². The van der Waals surface area contributed by atoms with Gasteiger partial charge in [-0.3, -0.25) is 4.79 Å². The molecular weight excluding hydrogens is 238 g/mol. The summed E-state index contributed by atoms with van der Waals surface area (Å²) in [5.41, 5.74) is 2.67. The van der Waals surface area contributed by atoms with Crippen molar-refractivity contribution >= 4 is 5.97 Å². The van der Waals surface area contributed by atoms with Crippen molar-refractivity contribution in [2.45, 2.75) is 45.1 Å². The lowest BCUT2D eigenvalue weighted by atomic mass is 9.86. The molecule has 0 aromatic heterocycles. The van der Waals surface area contributed by atoms with Gasteiger partial charge < -0.3 is 10.4 Å². The average Bonchev–Trinajstić information content (AvgIpc) is 2.39. The molecule has 0 amide bonds. The Bertz CT molecular complexity index is 423. The van der Waals surface area contributed by atoms with Crippen LogP contribution in [-0.2, 0) is 11.2 Å². The molecule has 1 aliphatic carbocycles. The van der Waals surface area contributed by atoms with Crippen molar-refractivity contribution in [3.05, 3.63) is 35.4 Å². The summed E-state index contributed by atoms with van der Waals surface area (Å²) in [4.78, 5) is 10.9. The summed E-state index contributed by atoms with van der Waals surface area (Å²) in [6.45, 7) is 3.09. The van der Waals surface area contributed by atoms with Gasteiger partial charge in [-0.25, -0.2) is 0 Å². The monoisotopic (exact) mass is 261 g/mol. The third-order valence-corrected chi connectivity index (χ3v) is 4.01. The highest BCUT2D eigenvalue weighted by Crippen LogP contribution is 2.24. The second-order valence-electron chi connectivity index (χ2n) is 5.58. The number of carboxylic acids is 1. The molecule has 1 aromatic rings. The van der Waals surface area contributed by atoms with E-state index in [1.165, 1.54) is 11.1 Å². The molecule has 1 aliphatic rings. The van der Waals surface area contributed by atoms with Crippen molar-refractivity contribution in [2.75, 3.05) is 6.54 Å². The van der Waals surface area contributed by atoms with Crippen LogP contribution in [0.4, 0.5) is 0 Å². The van der Waals surface area contributed by atoms with Crippen LogP contribution in [0.5, 0.6) is 0 Å². The van der Waals surface area contributed by atoms with Crippen LogP contribution < -0.4 is 5.32 Å². The molecule has 1 fully saturated rings. The highest BCUT2D eigenvalue weighted by atomic mass is 16.4. The van der Waals surface area contributed by atoms with Crippen LogP contribution in [-0.4, -0.2) is 23.7 Å². The molecule has 1 saturated carbocycles. The van der Waals surface area contributed by atoms with Crippen LogP contribution >= 0.6 is 0 Å². The van der Waals surface area contributed by atoms with Gasteiger partial charge in [-0.15, -0.1) is 0 Å². The molecule has 0 unspecified atom stereocenters. The summed E-state index contributed by atoms with van der Waals surface area (Å²) in [6, 6.07) is 9.10. The molecule has 0 atom stereocenters. The first kappa shape index (κ1) is 14.1. The van der Waals surface area contributed by atoms with E-state index in [1.807, 2.05) is 0 Å². The van der Waals surface area contributed by atoms with Crippen LogP contribution in [0.25, 0.3) is 0 Å². The molecule has 3 heteroatoms. The number of carbonyl (C=O) groups is 1. The van der Waals surface area contributed by atoms with E-state index in [4.69, 9.17) is 5.11 Å². The van der Waals surface area contributed by atoms with Gasteiger partial charge >= 0.3 is 5.97 Å². The van der Waals surface area contributed by atoms with Gasteiger partial charge in [-0.1, -0.05) is 29.8 Å². The lowest BCUT2D eigenvalue weighted by Gasteiger charge is -2.27. The molecule has 0 bridgehead atoms. The summed E-state index contributed by atoms with van der Waals surface area (Å²) >= 11 is 0. The lowest BCUT2D eigenvalue weighted by Crippen LogP contribution is -2.36. The SMILES string of the molecule is Cc1cccc(CCNC2CCC(C(=O)O)CC2)c1. The number of carboxylic acid groups (broad SMARTS) is 1. The highest BCUT2D eigenvalue weighted by Gasteiger charge is 2.25. The normalized spacial score (nSPS) is 23.2. The van der Waals surface area contributed by atoms with E-state index in [0.717, 1.165) is 38.6 Å². The Balaban J connectivity index is 1.68. The zero-order valence-corrected chi connectivity index (χ0v) is 11.6. The minimum Gasteiger partial charge on any atom is -0.481 e. The maximum absolute atomic E-state index is 10.9. The number of aryl methyl sites for hydroxylation is 1. The first-order chi connectivity index (χ1) is 9.15. The van der Waals surface area contributed by atoms with Gasteiger partial charge in [0.2, 0.25) is 0 Å². The molecule has 19 heavy (non-hydrogen) atoms. The summed E-state index contributed by atoms with van der Waals surface area (Å²) < 4.78 is 0. The molecule has 0 heterocycles. The summed E-state index contributed by atoms with van der Waals surface area (Å²) in [6.07, 6.45) is 4.66. The fourth-order valence-corrected chi connectivity index (χ4v) is 2.83. The van der Waals surface area contributed by atoms with Crippen LogP contribution in [0.15, 0.2) is 24.3 Å². The molecule has 1 aromatic carbocycles. The molecular formula is C16H23NO2. The Labute approximate surface area is 115 Å². The Morgan fingerprint density at radius 1 is 1.32 bits per heavy atom. The Morgan fingerprint density at radius 3 is 2.68 bits per heavy atom. The molecule has 0 radical (unpaired) electrons. The molecule has 0 saturated heterocycles. The molecule has 3 nitrogen and oxygen atoms in total. The molecule has 104 valence electrons. The van der Waals surface area contributed by atoms with E-state index < -0.39 is 5.97 Å². The van der Waals surface area contributed by atoms with Gasteiger partial charge in [0.25, 0.3) is 0 Å². The number of benzene rings is 1. The third-order valence-electron chi connectivity index (χ3n) is 4.01. The first-order valence-electron chi connectivity index (χ1n) is 7.17. The number of hydrogen-bond donors (Lipinski definition) is 2. The van der Waals surface area contributed by atoms with Crippen molar-refractivity contribution in [1.29, 1.82) is 0 Å². The van der Waals surface area contributed by atoms with Crippen molar-refractivity contribution in [2.24, 2.45) is 5.92 Å². The third kappa shape index (κ3) is 4.35. The van der Waals surface area contributed by atoms with E-state index in [9.17, 15) is 4.79 Å². The second kappa shape index (κ2) is 6.71. The van der Waals surface area contributed by atoms with Crippen LogP contribution in [0.1, 0.15) is 36.8 Å². The number of nitrogens with one attached hydrogen (secondary N) is 1. The minimum absolute atomic E-state index is 0.116. The van der Waals surface area contributed by atoms with Gasteiger partial charge in [0.05, 0.1) is 5.92 Å². The van der Waals surface area contributed by atoms with Crippen molar-refractivity contribution in [3.8, 4) is 0 Å². The zero-order valence-electron chi connectivity index (χ0n) is 11.6. The van der Waals surface area contributed by atoms with Crippen molar-refractivity contribution < 1.29 is 9.90 Å². The van der Waals surface area contributed by atoms with E-state index >= 15 is 0 Å². The quantitative estimate of drug-likeness (QED) is 0.857. The molecule has 0 aliphatic heterocycles. The van der Waals surface area contributed by atoms with Crippen LogP contribution in [0.2, 0.25) is 0 Å². The largest absolute Gasteiger partial charge is 0.481 e. The fraction of sp³-hybridized carbons (Fsp3) is 0.562. The predicted molar refractivity (Wildman–Crippen MR) is 76.3 cm³/mol. The molecule has 0 spiro atoms. The fourth-order valence-electron chi connectivity index (χ4n) is 2.83. The lowest BCUT2D eigenvalue weighted by molar-refractivity contribution is -0.142. The van der Waals surface area contributed by atoms with Crippen LogP contribution in [0, 0.1) is 12.8 Å². The summed E-state index contributed by atoms with van der Waals surface area (Å²) in [5.74, 6) is -0.743. The van der Waals surface area contributed by atoms with Gasteiger partial charge in [-0.2, -0.15) is 0 Å². The predicted octanol–water partition coefficient (Wildman–Crippen LogP) is 2.77. The average molecular weight is 261 g/mol.